The number of nitrogens with zero attached hydrogens (tertiary/aromatic N) is 1. The molecule has 1 aliphatic heterocycles. The molecule has 0 aromatic rings. The summed E-state index contributed by atoms with van der Waals surface area (Å²) in [5, 5.41) is 0. The summed E-state index contributed by atoms with van der Waals surface area (Å²) in [4.78, 5) is 2.64. The quantitative estimate of drug-likeness (QED) is 0.634. The zero-order valence-electron chi connectivity index (χ0n) is 12.7. The standard InChI is InChI=1S/C16H34N2/c1-3-4-5-6-7-8-9-12-18-13-10-16(2,15-17)11-14-18/h3-15,17H2,1-2H3. The largest absolute Gasteiger partial charge is 0.330 e. The lowest BCUT2D eigenvalue weighted by molar-refractivity contribution is 0.123. The molecule has 1 heterocycles. The van der Waals surface area contributed by atoms with Crippen LogP contribution in [0.25, 0.3) is 0 Å². The Hall–Kier alpha value is -0.0800. The minimum absolute atomic E-state index is 0.427. The fourth-order valence-electron chi connectivity index (χ4n) is 2.81. The molecule has 1 rings (SSSR count). The summed E-state index contributed by atoms with van der Waals surface area (Å²) in [7, 11) is 0. The summed E-state index contributed by atoms with van der Waals surface area (Å²) in [6, 6.07) is 0. The van der Waals surface area contributed by atoms with Crippen molar-refractivity contribution in [2.45, 2.75) is 71.6 Å². The molecule has 0 saturated carbocycles. The molecular weight excluding hydrogens is 220 g/mol. The molecule has 108 valence electrons. The van der Waals surface area contributed by atoms with E-state index in [-0.39, 0.29) is 0 Å². The van der Waals surface area contributed by atoms with Gasteiger partial charge >= 0.3 is 0 Å². The maximum atomic E-state index is 5.84. The van der Waals surface area contributed by atoms with Crippen molar-refractivity contribution in [1.29, 1.82) is 0 Å². The predicted octanol–water partition coefficient (Wildman–Crippen LogP) is 3.80. The number of hydrogen-bond acceptors (Lipinski definition) is 2. The zero-order valence-corrected chi connectivity index (χ0v) is 12.7. The Labute approximate surface area is 114 Å². The van der Waals surface area contributed by atoms with E-state index in [1.54, 1.807) is 0 Å². The van der Waals surface area contributed by atoms with Crippen molar-refractivity contribution in [2.24, 2.45) is 11.1 Å². The molecule has 0 unspecified atom stereocenters. The molecule has 0 aliphatic carbocycles. The van der Waals surface area contributed by atoms with Crippen LogP contribution < -0.4 is 5.73 Å². The van der Waals surface area contributed by atoms with E-state index in [1.165, 1.54) is 77.4 Å². The van der Waals surface area contributed by atoms with Crippen molar-refractivity contribution in [2.75, 3.05) is 26.2 Å². The van der Waals surface area contributed by atoms with Crippen LogP contribution in [0.5, 0.6) is 0 Å². The molecule has 2 N–H and O–H groups in total. The molecule has 0 atom stereocenters. The Morgan fingerprint density at radius 1 is 0.944 bits per heavy atom. The Bertz CT molecular complexity index is 195. The van der Waals surface area contributed by atoms with Gasteiger partial charge in [-0.2, -0.15) is 0 Å². The zero-order chi connectivity index (χ0) is 13.3. The first-order valence-corrected chi connectivity index (χ1v) is 8.12. The van der Waals surface area contributed by atoms with E-state index in [2.05, 4.69) is 18.7 Å². The first kappa shape index (κ1) is 16.0. The highest BCUT2D eigenvalue weighted by Gasteiger charge is 2.28. The summed E-state index contributed by atoms with van der Waals surface area (Å²) in [5.74, 6) is 0. The van der Waals surface area contributed by atoms with E-state index in [0.717, 1.165) is 6.54 Å². The molecule has 2 nitrogen and oxygen atoms in total. The molecule has 0 aromatic carbocycles. The number of nitrogens with two attached hydrogens (primary N) is 1. The summed E-state index contributed by atoms with van der Waals surface area (Å²) in [5.41, 5.74) is 6.27. The minimum Gasteiger partial charge on any atom is -0.330 e. The molecule has 0 radical (unpaired) electrons. The van der Waals surface area contributed by atoms with Gasteiger partial charge in [-0.3, -0.25) is 0 Å². The highest BCUT2D eigenvalue weighted by molar-refractivity contribution is 4.82. The van der Waals surface area contributed by atoms with Crippen LogP contribution in [0, 0.1) is 5.41 Å². The first-order valence-electron chi connectivity index (χ1n) is 8.12. The molecule has 1 fully saturated rings. The normalized spacial score (nSPS) is 20.2. The van der Waals surface area contributed by atoms with Crippen molar-refractivity contribution in [3.8, 4) is 0 Å². The number of hydrogen-bond donors (Lipinski definition) is 1. The van der Waals surface area contributed by atoms with Crippen LogP contribution in [0.4, 0.5) is 0 Å². The molecular formula is C16H34N2. The van der Waals surface area contributed by atoms with Crippen LogP contribution in [-0.4, -0.2) is 31.1 Å². The minimum atomic E-state index is 0.427. The number of likely N-dealkylation sites (tertiary alicyclic amines) is 1. The summed E-state index contributed by atoms with van der Waals surface area (Å²) < 4.78 is 0. The number of piperidine rings is 1. The van der Waals surface area contributed by atoms with Crippen LogP contribution in [0.15, 0.2) is 0 Å². The van der Waals surface area contributed by atoms with Crippen LogP contribution in [0.1, 0.15) is 71.6 Å². The smallest absolute Gasteiger partial charge is 0.00131 e. The van der Waals surface area contributed by atoms with Crippen molar-refractivity contribution in [3.05, 3.63) is 0 Å². The van der Waals surface area contributed by atoms with Gasteiger partial charge < -0.3 is 10.6 Å². The highest BCUT2D eigenvalue weighted by Crippen LogP contribution is 2.29. The Balaban J connectivity index is 1.95. The van der Waals surface area contributed by atoms with Gasteiger partial charge in [0.2, 0.25) is 0 Å². The number of unbranched alkanes of at least 4 members (excludes halogenated alkanes) is 6. The fraction of sp³-hybridized carbons (Fsp3) is 1.00. The monoisotopic (exact) mass is 254 g/mol. The maximum absolute atomic E-state index is 5.84. The van der Waals surface area contributed by atoms with E-state index in [9.17, 15) is 0 Å². The second-order valence-corrected chi connectivity index (χ2v) is 6.48. The van der Waals surface area contributed by atoms with Crippen molar-refractivity contribution in [1.82, 2.24) is 4.90 Å². The highest BCUT2D eigenvalue weighted by atomic mass is 15.1. The van der Waals surface area contributed by atoms with Crippen LogP contribution in [-0.2, 0) is 0 Å². The topological polar surface area (TPSA) is 29.3 Å². The Kier molecular flexibility index (Phi) is 7.92. The van der Waals surface area contributed by atoms with Crippen LogP contribution in [0.2, 0.25) is 0 Å². The van der Waals surface area contributed by atoms with Gasteiger partial charge in [0.1, 0.15) is 0 Å². The molecule has 0 bridgehead atoms. The number of rotatable bonds is 9. The average Bonchev–Trinajstić information content (AvgIpc) is 2.40. The second-order valence-electron chi connectivity index (χ2n) is 6.48. The van der Waals surface area contributed by atoms with E-state index in [4.69, 9.17) is 5.73 Å². The van der Waals surface area contributed by atoms with Gasteiger partial charge in [0.05, 0.1) is 0 Å². The van der Waals surface area contributed by atoms with Gasteiger partial charge in [-0.15, -0.1) is 0 Å². The third-order valence-corrected chi connectivity index (χ3v) is 4.63. The van der Waals surface area contributed by atoms with Gasteiger partial charge in [0.25, 0.3) is 0 Å². The molecule has 0 amide bonds. The molecule has 0 aromatic heterocycles. The molecule has 18 heavy (non-hydrogen) atoms. The SMILES string of the molecule is CCCCCCCCCN1CCC(C)(CN)CC1. The Morgan fingerprint density at radius 2 is 1.50 bits per heavy atom. The molecule has 0 spiro atoms. The van der Waals surface area contributed by atoms with Crippen molar-refractivity contribution < 1.29 is 0 Å². The van der Waals surface area contributed by atoms with Crippen molar-refractivity contribution in [3.63, 3.8) is 0 Å². The van der Waals surface area contributed by atoms with E-state index in [1.807, 2.05) is 0 Å². The van der Waals surface area contributed by atoms with Gasteiger partial charge in [-0.05, 0) is 50.9 Å². The van der Waals surface area contributed by atoms with Crippen molar-refractivity contribution >= 4 is 0 Å². The van der Waals surface area contributed by atoms with Crippen LogP contribution in [0.3, 0.4) is 0 Å². The maximum Gasteiger partial charge on any atom is -0.00131 e. The van der Waals surface area contributed by atoms with E-state index < -0.39 is 0 Å². The van der Waals surface area contributed by atoms with E-state index >= 15 is 0 Å². The summed E-state index contributed by atoms with van der Waals surface area (Å²) in [6.07, 6.45) is 12.5. The lowest BCUT2D eigenvalue weighted by atomic mass is 9.80. The summed E-state index contributed by atoms with van der Waals surface area (Å²) >= 11 is 0. The average molecular weight is 254 g/mol. The summed E-state index contributed by atoms with van der Waals surface area (Å²) in [6.45, 7) is 9.34. The van der Waals surface area contributed by atoms with Gasteiger partial charge in [-0.25, -0.2) is 0 Å². The first-order chi connectivity index (χ1) is 8.70. The van der Waals surface area contributed by atoms with E-state index in [0.29, 0.717) is 5.41 Å². The molecule has 1 aliphatic rings. The van der Waals surface area contributed by atoms with Gasteiger partial charge in [0.15, 0.2) is 0 Å². The van der Waals surface area contributed by atoms with Gasteiger partial charge in [-0.1, -0.05) is 52.4 Å². The second kappa shape index (κ2) is 8.92. The predicted molar refractivity (Wildman–Crippen MR) is 80.8 cm³/mol. The third-order valence-electron chi connectivity index (χ3n) is 4.63. The lowest BCUT2D eigenvalue weighted by Crippen LogP contribution is -2.42. The fourth-order valence-corrected chi connectivity index (χ4v) is 2.81. The molecule has 2 heteroatoms. The third kappa shape index (κ3) is 6.19. The van der Waals surface area contributed by atoms with Crippen LogP contribution >= 0.6 is 0 Å². The molecule has 1 saturated heterocycles. The lowest BCUT2D eigenvalue weighted by Gasteiger charge is -2.38. The Morgan fingerprint density at radius 3 is 2.06 bits per heavy atom. The van der Waals surface area contributed by atoms with Gasteiger partial charge in [0, 0.05) is 0 Å².